The maximum absolute atomic E-state index is 4.82. The van der Waals surface area contributed by atoms with Crippen molar-refractivity contribution in [2.24, 2.45) is 0 Å². The van der Waals surface area contributed by atoms with E-state index < -0.39 is 65.9 Å². The quantitative estimate of drug-likeness (QED) is 0.130. The molecule has 0 saturated heterocycles. The molecule has 0 bridgehead atoms. The molecule has 4 nitrogen and oxygen atoms in total. The molecular weight excluding hydrogens is 1210 g/mol. The van der Waals surface area contributed by atoms with Gasteiger partial charge in [-0.05, 0) is 0 Å². The molecule has 0 aliphatic carbocycles. The fourth-order valence-electron chi connectivity index (χ4n) is 5.71. The van der Waals surface area contributed by atoms with Gasteiger partial charge >= 0.3 is 68.3 Å². The Balaban J connectivity index is -0.000000100. The van der Waals surface area contributed by atoms with Gasteiger partial charge in [-0.25, -0.2) is 0 Å². The molecule has 0 unspecified atom stereocenters. The zero-order valence-electron chi connectivity index (χ0n) is 46.4. The van der Waals surface area contributed by atoms with Gasteiger partial charge in [0.1, 0.15) is 0 Å². The predicted molar refractivity (Wildman–Crippen MR) is 328 cm³/mol. The van der Waals surface area contributed by atoms with Crippen LogP contribution in [-0.2, 0) is 119 Å². The molecule has 0 N–H and O–H groups in total. The third-order valence-electron chi connectivity index (χ3n) is 5.66. The van der Waals surface area contributed by atoms with E-state index in [1.54, 1.807) is 0 Å². The van der Waals surface area contributed by atoms with Gasteiger partial charge in [-0.2, -0.15) is 19.6 Å². The summed E-state index contributed by atoms with van der Waals surface area (Å²) in [6.07, 6.45) is 0. The van der Waals surface area contributed by atoms with Gasteiger partial charge in [0, 0.05) is 0 Å². The second-order valence-electron chi connectivity index (χ2n) is 23.1. The fourth-order valence-corrected chi connectivity index (χ4v) is 38.5. The average molecular weight is 1300 g/mol. The standard InChI is InChI=1S/4C6H18NSi2.4C6H6S.4Fe/c4*1-8(2,3)7-9(4,5)6;4*7-6-4-2-1-3-5-6;;;;/h4*1-6H3;4*1-5,7H;;;;/q4*-1;;;;;4*+2/p-4. The van der Waals surface area contributed by atoms with Crippen LogP contribution in [0, 0.1) is 0 Å². The molecule has 0 amide bonds. The van der Waals surface area contributed by atoms with E-state index in [2.05, 4.69) is 157 Å². The molecule has 20 heteroatoms. The van der Waals surface area contributed by atoms with Crippen molar-refractivity contribution in [3.8, 4) is 0 Å². The van der Waals surface area contributed by atoms with Crippen LogP contribution in [0.15, 0.2) is 141 Å². The first kappa shape index (κ1) is 86.1. The number of hydrogen-bond acceptors (Lipinski definition) is 4. The van der Waals surface area contributed by atoms with E-state index in [0.29, 0.717) is 0 Å². The normalized spacial score (nSPS) is 10.9. The SMILES string of the molecule is C[Si](C)(C)[N-][Si](C)(C)C.C[Si](C)(C)[N-][Si](C)(C)C.C[Si](C)(C)[N-][Si](C)(C)C.C[Si](C)(C)[N-][Si](C)(C)C.[Fe+2].[Fe+2].[Fe+2].[Fe+2].[S-]c1ccccc1.[S-]c1ccccc1.[S-]c1ccccc1.[S-]c1ccccc1. The summed E-state index contributed by atoms with van der Waals surface area (Å²) in [5.74, 6) is 0. The summed E-state index contributed by atoms with van der Waals surface area (Å²) in [5, 5.41) is 0. The fraction of sp³-hybridized carbons (Fsp3) is 0.500. The Morgan fingerprint density at radius 3 is 0.324 bits per heavy atom. The van der Waals surface area contributed by atoms with Gasteiger partial charge in [0.05, 0.1) is 0 Å². The van der Waals surface area contributed by atoms with Gasteiger partial charge in [0.25, 0.3) is 0 Å². The maximum Gasteiger partial charge on any atom is 2.00 e. The Kier molecular flexibility index (Phi) is 54.0. The van der Waals surface area contributed by atoms with Crippen LogP contribution >= 0.6 is 0 Å². The minimum Gasteiger partial charge on any atom is -0.780 e. The third-order valence-corrected chi connectivity index (χ3v) is 28.2. The monoisotopic (exact) mass is 1300 g/mol. The molecule has 0 aliphatic heterocycles. The van der Waals surface area contributed by atoms with Crippen molar-refractivity contribution in [2.75, 3.05) is 0 Å². The van der Waals surface area contributed by atoms with Crippen molar-refractivity contribution >= 4 is 116 Å². The zero-order valence-corrected chi connectivity index (χ0v) is 62.1. The molecule has 68 heavy (non-hydrogen) atoms. The maximum atomic E-state index is 4.82. The van der Waals surface area contributed by atoms with E-state index in [1.807, 2.05) is 121 Å². The molecule has 4 aromatic carbocycles. The first-order valence-corrected chi connectivity index (χ1v) is 51.5. The molecule has 0 radical (unpaired) electrons. The van der Waals surface area contributed by atoms with E-state index in [-0.39, 0.29) is 68.3 Å². The van der Waals surface area contributed by atoms with E-state index >= 15 is 0 Å². The van der Waals surface area contributed by atoms with Crippen LogP contribution in [0.1, 0.15) is 0 Å². The number of rotatable bonds is 8. The molecule has 0 aromatic heterocycles. The molecule has 0 saturated carbocycles. The minimum atomic E-state index is -1.11. The molecule has 4 rings (SSSR count). The summed E-state index contributed by atoms with van der Waals surface area (Å²) in [4.78, 5) is 3.62. The van der Waals surface area contributed by atoms with Crippen molar-refractivity contribution in [1.82, 2.24) is 0 Å². The molecule has 0 fully saturated rings. The van der Waals surface area contributed by atoms with Crippen LogP contribution < -0.4 is 0 Å². The average Bonchev–Trinajstić information content (AvgIpc) is 3.02. The Morgan fingerprint density at radius 1 is 0.206 bits per heavy atom. The Bertz CT molecular complexity index is 1380. The predicted octanol–water partition coefficient (Wildman–Crippen LogP) is 18.5. The molecule has 0 aliphatic rings. The van der Waals surface area contributed by atoms with E-state index in [9.17, 15) is 0 Å². The summed E-state index contributed by atoms with van der Waals surface area (Å²) in [7, 11) is -8.85. The number of nitrogens with zero attached hydrogens (tertiary/aromatic N) is 4. The van der Waals surface area contributed by atoms with Crippen LogP contribution in [0.5, 0.6) is 0 Å². The number of hydrogen-bond donors (Lipinski definition) is 0. The van der Waals surface area contributed by atoms with Gasteiger partial charge in [-0.3, -0.25) is 0 Å². The summed E-state index contributed by atoms with van der Waals surface area (Å²) in [5.41, 5.74) is 0. The van der Waals surface area contributed by atoms with Crippen molar-refractivity contribution < 1.29 is 68.3 Å². The van der Waals surface area contributed by atoms with Gasteiger partial charge in [-0.1, -0.05) is 344 Å². The van der Waals surface area contributed by atoms with Crippen molar-refractivity contribution in [3.63, 3.8) is 0 Å². The summed E-state index contributed by atoms with van der Waals surface area (Å²) in [6.45, 7) is 55.1. The van der Waals surface area contributed by atoms with E-state index in [0.717, 1.165) is 19.6 Å². The smallest absolute Gasteiger partial charge is 0.780 e. The number of benzene rings is 4. The molecule has 0 spiro atoms. The van der Waals surface area contributed by atoms with Gasteiger partial charge in [-0.15, -0.1) is 0 Å². The summed E-state index contributed by atoms with van der Waals surface area (Å²) < 4.78 is 19.3. The van der Waals surface area contributed by atoms with E-state index in [4.69, 9.17) is 69.1 Å². The molecular formula is C48H92Fe4N4S4Si8. The van der Waals surface area contributed by atoms with Crippen LogP contribution in [0.2, 0.25) is 157 Å². The Hall–Kier alpha value is 1.41. The Morgan fingerprint density at radius 2 is 0.294 bits per heavy atom. The topological polar surface area (TPSA) is 56.4 Å². The second kappa shape index (κ2) is 42.6. The largest absolute Gasteiger partial charge is 2.00 e. The Labute approximate surface area is 495 Å². The van der Waals surface area contributed by atoms with Crippen LogP contribution in [-0.4, -0.2) is 65.9 Å². The molecule has 0 heterocycles. The molecule has 4 aromatic rings. The van der Waals surface area contributed by atoms with Gasteiger partial charge < -0.3 is 69.1 Å². The second-order valence-corrected chi connectivity index (χ2v) is 63.3. The summed E-state index contributed by atoms with van der Waals surface area (Å²) >= 11 is 19.2. The van der Waals surface area contributed by atoms with Gasteiger partial charge in [0.2, 0.25) is 0 Å². The molecule has 0 atom stereocenters. The first-order valence-electron chi connectivity index (χ1n) is 22.2. The first-order chi connectivity index (χ1) is 28.4. The van der Waals surface area contributed by atoms with Crippen LogP contribution in [0.3, 0.4) is 0 Å². The van der Waals surface area contributed by atoms with Crippen LogP contribution in [0.4, 0.5) is 0 Å². The molecule has 392 valence electrons. The van der Waals surface area contributed by atoms with Crippen molar-refractivity contribution in [1.29, 1.82) is 0 Å². The van der Waals surface area contributed by atoms with E-state index in [1.165, 1.54) is 0 Å². The van der Waals surface area contributed by atoms with Gasteiger partial charge in [0.15, 0.2) is 0 Å². The minimum absolute atomic E-state index is 0. The van der Waals surface area contributed by atoms with Crippen molar-refractivity contribution in [3.05, 3.63) is 140 Å². The van der Waals surface area contributed by atoms with Crippen LogP contribution in [0.25, 0.3) is 18.6 Å². The summed E-state index contributed by atoms with van der Waals surface area (Å²) in [6, 6.07) is 38.5. The zero-order chi connectivity index (χ0) is 51.3. The third kappa shape index (κ3) is 90.2. The van der Waals surface area contributed by atoms with Crippen molar-refractivity contribution in [2.45, 2.75) is 177 Å².